The molecule has 0 heterocycles. The van der Waals surface area contributed by atoms with Crippen molar-refractivity contribution in [3.63, 3.8) is 0 Å². The standard InChI is InChI=1S/C13H18N2O3S/c1-8-3-4-10(14)9(7-8)12(16)15-11(13(17)18)5-6-19-2/h3-4,7,11H,5-6,14H2,1-2H3,(H,15,16)(H,17,18). The smallest absolute Gasteiger partial charge is 0.326 e. The monoisotopic (exact) mass is 282 g/mol. The van der Waals surface area contributed by atoms with Crippen molar-refractivity contribution in [1.29, 1.82) is 0 Å². The molecule has 5 nitrogen and oxygen atoms in total. The van der Waals surface area contributed by atoms with Gasteiger partial charge in [-0.2, -0.15) is 11.8 Å². The summed E-state index contributed by atoms with van der Waals surface area (Å²) in [5, 5.41) is 11.6. The lowest BCUT2D eigenvalue weighted by Gasteiger charge is -2.15. The van der Waals surface area contributed by atoms with Gasteiger partial charge >= 0.3 is 5.97 Å². The zero-order valence-corrected chi connectivity index (χ0v) is 11.8. The first kappa shape index (κ1) is 15.4. The van der Waals surface area contributed by atoms with E-state index < -0.39 is 17.9 Å². The average Bonchev–Trinajstić information content (AvgIpc) is 2.36. The molecule has 0 saturated heterocycles. The summed E-state index contributed by atoms with van der Waals surface area (Å²) in [7, 11) is 0. The molecule has 1 rings (SSSR count). The summed E-state index contributed by atoms with van der Waals surface area (Å²) in [6.45, 7) is 1.85. The van der Waals surface area contributed by atoms with Gasteiger partial charge in [0, 0.05) is 5.69 Å². The Balaban J connectivity index is 2.81. The number of carbonyl (C=O) groups is 2. The Kier molecular flexibility index (Phi) is 5.69. The molecule has 1 aromatic rings. The second-order valence-electron chi connectivity index (χ2n) is 4.24. The number of rotatable bonds is 6. The van der Waals surface area contributed by atoms with Crippen LogP contribution in [-0.2, 0) is 4.79 Å². The van der Waals surface area contributed by atoms with E-state index in [4.69, 9.17) is 10.8 Å². The Morgan fingerprint density at radius 1 is 1.47 bits per heavy atom. The zero-order chi connectivity index (χ0) is 14.4. The molecule has 1 aromatic carbocycles. The highest BCUT2D eigenvalue weighted by molar-refractivity contribution is 7.98. The van der Waals surface area contributed by atoms with Crippen LogP contribution < -0.4 is 11.1 Å². The average molecular weight is 282 g/mol. The van der Waals surface area contributed by atoms with Crippen LogP contribution in [0, 0.1) is 6.92 Å². The third-order valence-electron chi connectivity index (χ3n) is 2.67. The van der Waals surface area contributed by atoms with Gasteiger partial charge in [-0.15, -0.1) is 0 Å². The van der Waals surface area contributed by atoms with Crippen molar-refractivity contribution in [3.8, 4) is 0 Å². The van der Waals surface area contributed by atoms with Gasteiger partial charge in [-0.3, -0.25) is 4.79 Å². The van der Waals surface area contributed by atoms with Crippen LogP contribution in [0.15, 0.2) is 18.2 Å². The molecule has 0 bridgehead atoms. The number of nitrogens with one attached hydrogen (secondary N) is 1. The maximum Gasteiger partial charge on any atom is 0.326 e. The number of hydrogen-bond donors (Lipinski definition) is 3. The van der Waals surface area contributed by atoms with Gasteiger partial charge in [0.1, 0.15) is 6.04 Å². The molecule has 0 aliphatic rings. The second kappa shape index (κ2) is 7.04. The lowest BCUT2D eigenvalue weighted by molar-refractivity contribution is -0.139. The minimum Gasteiger partial charge on any atom is -0.480 e. The van der Waals surface area contributed by atoms with Crippen LogP contribution in [0.3, 0.4) is 0 Å². The molecule has 0 aliphatic carbocycles. The van der Waals surface area contributed by atoms with E-state index >= 15 is 0 Å². The highest BCUT2D eigenvalue weighted by atomic mass is 32.2. The van der Waals surface area contributed by atoms with Crippen molar-refractivity contribution in [2.45, 2.75) is 19.4 Å². The number of aryl methyl sites for hydroxylation is 1. The first-order valence-electron chi connectivity index (χ1n) is 5.84. The normalized spacial score (nSPS) is 11.9. The third kappa shape index (κ3) is 4.48. The number of thioether (sulfide) groups is 1. The highest BCUT2D eigenvalue weighted by Crippen LogP contribution is 2.14. The fourth-order valence-corrected chi connectivity index (χ4v) is 2.07. The van der Waals surface area contributed by atoms with Gasteiger partial charge in [-0.1, -0.05) is 11.6 Å². The molecule has 0 aliphatic heterocycles. The summed E-state index contributed by atoms with van der Waals surface area (Å²) in [6.07, 6.45) is 2.27. The minimum absolute atomic E-state index is 0.315. The number of nitrogen functional groups attached to an aromatic ring is 1. The molecule has 1 amide bonds. The molecule has 0 aromatic heterocycles. The molecule has 104 valence electrons. The predicted octanol–water partition coefficient (Wildman–Crippen LogP) is 1.51. The third-order valence-corrected chi connectivity index (χ3v) is 3.31. The van der Waals surface area contributed by atoms with Gasteiger partial charge in [0.15, 0.2) is 0 Å². The lowest BCUT2D eigenvalue weighted by Crippen LogP contribution is -2.41. The number of benzene rings is 1. The number of anilines is 1. The summed E-state index contributed by atoms with van der Waals surface area (Å²) in [5.74, 6) is -0.816. The quantitative estimate of drug-likeness (QED) is 0.688. The number of hydrogen-bond acceptors (Lipinski definition) is 4. The number of aliphatic carboxylic acids is 1. The van der Waals surface area contributed by atoms with Crippen LogP contribution in [0.25, 0.3) is 0 Å². The van der Waals surface area contributed by atoms with Crippen LogP contribution in [0.4, 0.5) is 5.69 Å². The summed E-state index contributed by atoms with van der Waals surface area (Å²) < 4.78 is 0. The van der Waals surface area contributed by atoms with Crippen molar-refractivity contribution >= 4 is 29.3 Å². The lowest BCUT2D eigenvalue weighted by atomic mass is 10.1. The SMILES string of the molecule is CSCCC(NC(=O)c1cc(C)ccc1N)C(=O)O. The van der Waals surface area contributed by atoms with E-state index in [1.54, 1.807) is 18.2 Å². The molecule has 6 heteroatoms. The summed E-state index contributed by atoms with van der Waals surface area (Å²) in [4.78, 5) is 23.1. The number of carboxylic acid groups (broad SMARTS) is 1. The number of nitrogens with two attached hydrogens (primary N) is 1. The molecule has 0 radical (unpaired) electrons. The van der Waals surface area contributed by atoms with Crippen LogP contribution in [0.1, 0.15) is 22.3 Å². The fourth-order valence-electron chi connectivity index (χ4n) is 1.60. The largest absolute Gasteiger partial charge is 0.480 e. The Morgan fingerprint density at radius 3 is 2.74 bits per heavy atom. The Bertz CT molecular complexity index is 477. The maximum absolute atomic E-state index is 12.0. The van der Waals surface area contributed by atoms with Crippen molar-refractivity contribution in [2.24, 2.45) is 0 Å². The summed E-state index contributed by atoms with van der Waals surface area (Å²) in [6, 6.07) is 4.20. The molecule has 1 unspecified atom stereocenters. The maximum atomic E-state index is 12.0. The van der Waals surface area contributed by atoms with E-state index in [0.29, 0.717) is 23.4 Å². The molecule has 0 spiro atoms. The predicted molar refractivity (Wildman–Crippen MR) is 77.5 cm³/mol. The van der Waals surface area contributed by atoms with E-state index in [1.807, 2.05) is 13.2 Å². The first-order chi connectivity index (χ1) is 8.95. The zero-order valence-electron chi connectivity index (χ0n) is 11.0. The van der Waals surface area contributed by atoms with Crippen molar-refractivity contribution in [3.05, 3.63) is 29.3 Å². The second-order valence-corrected chi connectivity index (χ2v) is 5.22. The molecule has 0 fully saturated rings. The van der Waals surface area contributed by atoms with E-state index in [9.17, 15) is 9.59 Å². The van der Waals surface area contributed by atoms with E-state index in [2.05, 4.69) is 5.32 Å². The van der Waals surface area contributed by atoms with Crippen molar-refractivity contribution in [1.82, 2.24) is 5.32 Å². The minimum atomic E-state index is -1.03. The van der Waals surface area contributed by atoms with E-state index in [1.165, 1.54) is 11.8 Å². The Hall–Kier alpha value is -1.69. The van der Waals surface area contributed by atoms with Gasteiger partial charge in [-0.25, -0.2) is 4.79 Å². The molecular formula is C13H18N2O3S. The van der Waals surface area contributed by atoms with Gasteiger partial charge < -0.3 is 16.2 Å². The van der Waals surface area contributed by atoms with Gasteiger partial charge in [0.05, 0.1) is 5.56 Å². The molecule has 4 N–H and O–H groups in total. The molecule has 0 saturated carbocycles. The Labute approximate surface area is 116 Å². The Morgan fingerprint density at radius 2 is 2.16 bits per heavy atom. The molecule has 1 atom stereocenters. The van der Waals surface area contributed by atoms with E-state index in [-0.39, 0.29) is 0 Å². The van der Waals surface area contributed by atoms with Crippen LogP contribution in [0.2, 0.25) is 0 Å². The number of carboxylic acids is 1. The first-order valence-corrected chi connectivity index (χ1v) is 7.23. The number of carbonyl (C=O) groups excluding carboxylic acids is 1. The van der Waals surface area contributed by atoms with Gasteiger partial charge in [0.2, 0.25) is 0 Å². The van der Waals surface area contributed by atoms with E-state index in [0.717, 1.165) is 5.56 Å². The molecule has 19 heavy (non-hydrogen) atoms. The topological polar surface area (TPSA) is 92.4 Å². The van der Waals surface area contributed by atoms with Gasteiger partial charge in [-0.05, 0) is 37.5 Å². The van der Waals surface area contributed by atoms with Crippen LogP contribution in [-0.4, -0.2) is 35.0 Å². The van der Waals surface area contributed by atoms with Crippen molar-refractivity contribution in [2.75, 3.05) is 17.7 Å². The van der Waals surface area contributed by atoms with Crippen LogP contribution >= 0.6 is 11.8 Å². The summed E-state index contributed by atoms with van der Waals surface area (Å²) >= 11 is 1.54. The fraction of sp³-hybridized carbons (Fsp3) is 0.385. The van der Waals surface area contributed by atoms with Crippen molar-refractivity contribution < 1.29 is 14.7 Å². The summed E-state index contributed by atoms with van der Waals surface area (Å²) in [5.41, 5.74) is 7.29. The number of amides is 1. The highest BCUT2D eigenvalue weighted by Gasteiger charge is 2.21. The van der Waals surface area contributed by atoms with Gasteiger partial charge in [0.25, 0.3) is 5.91 Å². The van der Waals surface area contributed by atoms with Crippen LogP contribution in [0.5, 0.6) is 0 Å². The molecular weight excluding hydrogens is 264 g/mol.